The van der Waals surface area contributed by atoms with Crippen LogP contribution in [0.3, 0.4) is 0 Å². The Kier molecular flexibility index (Phi) is 31.8. The largest absolute Gasteiger partial charge is 0.463 e. The van der Waals surface area contributed by atoms with Crippen molar-refractivity contribution in [3.63, 3.8) is 0 Å². The SMILES string of the molecule is CC(=O)OC[C@H]1O[C@@H](OC[C@H]2O[C@@H](OCCCCCN=[N+]=[N-])[C@H](N3C(=O)c4ccccc4C3=O)[C@@H](O[C@@H]3O[C@H](CO)[C@@H](OC(=O)c4ccc(C)cc4)[C@H](OC(=O)c4ccc(C)cc4)[C@H]3OC(=O)c3ccc(C)cc3)[C@H]2OC(C)=O)[C@H](N2C(=O)c3ccccc3C2=O)[C@@H](O[C@@H]2O[C@H](CO)[C@@H](OC(=O)c3ccc(C)cc3)[C@H](OC(=O)c3ccc(C)cc3)[C@H]2OC(=O)c2ccc(C)cc2)[C@H]1OC(C)=O. The van der Waals surface area contributed by atoms with E-state index in [1.165, 1.54) is 121 Å². The molecule has 0 bridgehead atoms. The van der Waals surface area contributed by atoms with E-state index < -0.39 is 226 Å². The normalized spacial score (nSPS) is 25.6. The van der Waals surface area contributed by atoms with E-state index in [4.69, 9.17) is 80.5 Å². The molecule has 712 valence electrons. The fourth-order valence-electron chi connectivity index (χ4n) is 16.6. The molecule has 136 heavy (non-hydrogen) atoms. The van der Waals surface area contributed by atoms with Crippen molar-refractivity contribution < 1.29 is 153 Å². The molecule has 6 aliphatic heterocycles. The summed E-state index contributed by atoms with van der Waals surface area (Å²) < 4.78 is 112. The second-order valence-corrected chi connectivity index (χ2v) is 33.4. The van der Waals surface area contributed by atoms with Gasteiger partial charge in [-0.25, -0.2) is 28.8 Å². The molecule has 20 atom stereocenters. The third-order valence-electron chi connectivity index (χ3n) is 23.5. The topological polar surface area (TPSA) is 475 Å². The Bertz CT molecular complexity index is 5730. The number of aryl methyl sites for hydroxylation is 6. The lowest BCUT2D eigenvalue weighted by molar-refractivity contribution is -0.360. The molecular weight excluding hydrogens is 1770 g/mol. The third-order valence-corrected chi connectivity index (χ3v) is 23.5. The van der Waals surface area contributed by atoms with Gasteiger partial charge in [-0.3, -0.25) is 43.4 Å². The number of esters is 9. The zero-order chi connectivity index (χ0) is 96.9. The van der Waals surface area contributed by atoms with E-state index in [-0.39, 0.29) is 81.6 Å². The predicted octanol–water partition coefficient (Wildman–Crippen LogP) is 10.1. The number of hydrogen-bond donors (Lipinski definition) is 2. The summed E-state index contributed by atoms with van der Waals surface area (Å²) in [7, 11) is 0. The first kappa shape index (κ1) is 98.2. The lowest BCUT2D eigenvalue weighted by atomic mass is 9.93. The number of benzene rings is 8. The maximum absolute atomic E-state index is 15.8. The van der Waals surface area contributed by atoms with E-state index in [9.17, 15) is 44.5 Å². The Morgan fingerprint density at radius 1 is 0.331 bits per heavy atom. The number of unbranched alkanes of at least 4 members (excludes halogenated alkanes) is 2. The van der Waals surface area contributed by atoms with Gasteiger partial charge in [0.2, 0.25) is 0 Å². The van der Waals surface area contributed by atoms with Crippen molar-refractivity contribution in [3.05, 3.63) is 294 Å². The average molecular weight is 1870 g/mol. The minimum absolute atomic E-state index is 0.0306. The summed E-state index contributed by atoms with van der Waals surface area (Å²) in [6, 6.07) is 42.7. The highest BCUT2D eigenvalue weighted by molar-refractivity contribution is 6.22. The number of azide groups is 1. The number of hydrogen-bond acceptors (Lipinski definition) is 33. The molecule has 37 nitrogen and oxygen atoms in total. The zero-order valence-electron chi connectivity index (χ0n) is 75.3. The fourth-order valence-corrected chi connectivity index (χ4v) is 16.6. The van der Waals surface area contributed by atoms with Gasteiger partial charge in [0.15, 0.2) is 74.0 Å². The number of ether oxygens (including phenoxy) is 17. The van der Waals surface area contributed by atoms with Gasteiger partial charge in [0.25, 0.3) is 23.6 Å². The molecule has 37 heteroatoms. The molecular formula is C99H99N5O32. The van der Waals surface area contributed by atoms with E-state index in [1.54, 1.807) is 114 Å². The van der Waals surface area contributed by atoms with Gasteiger partial charge in [0, 0.05) is 38.8 Å². The number of nitrogens with zero attached hydrogens (tertiary/aromatic N) is 5. The molecule has 4 fully saturated rings. The first-order valence-electron chi connectivity index (χ1n) is 43.9. The molecule has 0 spiro atoms. The van der Waals surface area contributed by atoms with E-state index in [2.05, 4.69) is 10.0 Å². The summed E-state index contributed by atoms with van der Waals surface area (Å²) in [5.41, 5.74) is 12.0. The lowest BCUT2D eigenvalue weighted by Crippen LogP contribution is -2.71. The number of aliphatic hydroxyl groups excluding tert-OH is 2. The molecule has 14 rings (SSSR count). The van der Waals surface area contributed by atoms with Crippen LogP contribution in [0.1, 0.15) is 177 Å². The monoisotopic (exact) mass is 1870 g/mol. The van der Waals surface area contributed by atoms with E-state index in [0.717, 1.165) is 31.9 Å². The Balaban J connectivity index is 0.939. The molecule has 0 aromatic heterocycles. The molecule has 0 aliphatic carbocycles. The Labute approximate surface area is 779 Å². The zero-order valence-corrected chi connectivity index (χ0v) is 75.3. The van der Waals surface area contributed by atoms with Crippen LogP contribution in [0.2, 0.25) is 0 Å². The summed E-state index contributed by atoms with van der Waals surface area (Å²) >= 11 is 0. The highest BCUT2D eigenvalue weighted by Crippen LogP contribution is 2.44. The molecule has 4 amide bonds. The summed E-state index contributed by atoms with van der Waals surface area (Å²) in [4.78, 5) is 199. The van der Waals surface area contributed by atoms with Crippen LogP contribution in [0.15, 0.2) is 199 Å². The minimum atomic E-state index is -2.37. The molecule has 0 unspecified atom stereocenters. The van der Waals surface area contributed by atoms with E-state index >= 15 is 33.6 Å². The molecule has 4 saturated heterocycles. The number of imide groups is 2. The minimum Gasteiger partial charge on any atom is -0.463 e. The first-order chi connectivity index (χ1) is 65.4. The summed E-state index contributed by atoms with van der Waals surface area (Å²) in [5, 5.41) is 27.1. The maximum Gasteiger partial charge on any atom is 0.338 e. The number of amides is 4. The van der Waals surface area contributed by atoms with Crippen LogP contribution in [0.5, 0.6) is 0 Å². The van der Waals surface area contributed by atoms with Gasteiger partial charge in [-0.1, -0.05) is 142 Å². The van der Waals surface area contributed by atoms with Gasteiger partial charge in [0.05, 0.1) is 75.5 Å². The first-order valence-corrected chi connectivity index (χ1v) is 43.9. The Morgan fingerprint density at radius 3 is 0.904 bits per heavy atom. The van der Waals surface area contributed by atoms with Crippen LogP contribution in [0.25, 0.3) is 10.4 Å². The number of rotatable bonds is 34. The third kappa shape index (κ3) is 22.5. The van der Waals surface area contributed by atoms with Crippen molar-refractivity contribution in [1.82, 2.24) is 9.80 Å². The summed E-state index contributed by atoms with van der Waals surface area (Å²) in [5.74, 6) is -14.4. The molecule has 8 aromatic carbocycles. The highest BCUT2D eigenvalue weighted by Gasteiger charge is 2.64. The van der Waals surface area contributed by atoms with Crippen molar-refractivity contribution in [2.75, 3.05) is 39.6 Å². The van der Waals surface area contributed by atoms with Crippen LogP contribution < -0.4 is 0 Å². The number of aliphatic hydroxyl groups is 2. The maximum atomic E-state index is 15.8. The standard InChI is InChI=1S/C99H99N5O32/c1-51-21-33-60(34-22-51)90(114)129-76-70(47-105)125-98(84(133-94(118)64-41-29-55(5)30-42-64)82(76)131-92(116)62-37-25-53(3)26-38-62)135-80-74(103-86(110)66-17-11-12-18-67(66)87(103)111)96(120-46-16-10-15-45-101-102-100)127-73(79(80)124-59(9)109)50-122-97-75(104-88(112)68-19-13-14-20-69(68)89(104)113)81(78(123-58(8)108)72(128-97)49-121-57(7)107)136-99-85(134-95(119)65-43-31-56(6)32-44-65)83(132-93(117)63-39-27-54(4)28-40-63)77(71(48-106)126-99)130-91(115)61-35-23-52(2)24-36-61/h11-14,17-44,70-85,96-99,105-106H,10,15-16,45-50H2,1-9H3/t70-,71-,72-,73-,74-,75-,76-,77-,78+,79+,80-,81-,82+,83+,84-,85-,96-,97-,98+,99+/m1/s1. The van der Waals surface area contributed by atoms with Crippen LogP contribution in [0.4, 0.5) is 0 Å². The smallest absolute Gasteiger partial charge is 0.338 e. The molecule has 0 saturated carbocycles. The molecule has 0 radical (unpaired) electrons. The Morgan fingerprint density at radius 2 is 0.610 bits per heavy atom. The van der Waals surface area contributed by atoms with Gasteiger partial charge in [-0.2, -0.15) is 0 Å². The van der Waals surface area contributed by atoms with Crippen LogP contribution in [0, 0.1) is 41.5 Å². The second kappa shape index (κ2) is 44.1. The quantitative estimate of drug-likeness (QED) is 0.00719. The van der Waals surface area contributed by atoms with Crippen molar-refractivity contribution in [3.8, 4) is 0 Å². The van der Waals surface area contributed by atoms with Crippen molar-refractivity contribution in [2.24, 2.45) is 5.11 Å². The van der Waals surface area contributed by atoms with Crippen molar-refractivity contribution in [2.45, 2.75) is 204 Å². The predicted molar refractivity (Wildman–Crippen MR) is 470 cm³/mol. The van der Waals surface area contributed by atoms with Gasteiger partial charge in [-0.05, 0) is 157 Å². The highest BCUT2D eigenvalue weighted by atomic mass is 16.8. The Hall–Kier alpha value is -13.8. The second-order valence-electron chi connectivity index (χ2n) is 33.4. The van der Waals surface area contributed by atoms with Gasteiger partial charge in [-0.15, -0.1) is 0 Å². The molecule has 6 aliphatic rings. The van der Waals surface area contributed by atoms with Gasteiger partial charge in [0.1, 0.15) is 55.3 Å². The number of fused-ring (bicyclic) bond motifs is 2. The van der Waals surface area contributed by atoms with Gasteiger partial charge < -0.3 is 90.7 Å². The van der Waals surface area contributed by atoms with Crippen molar-refractivity contribution >= 4 is 77.4 Å². The van der Waals surface area contributed by atoms with Crippen LogP contribution >= 0.6 is 0 Å². The van der Waals surface area contributed by atoms with Crippen molar-refractivity contribution in [1.29, 1.82) is 0 Å². The lowest BCUT2D eigenvalue weighted by Gasteiger charge is -2.52. The molecule has 8 aromatic rings. The average Bonchev–Trinajstić information content (AvgIpc) is 1.46. The van der Waals surface area contributed by atoms with Crippen LogP contribution in [-0.2, 0) is 94.9 Å². The summed E-state index contributed by atoms with van der Waals surface area (Å²) in [6.07, 6.45) is -37.9. The van der Waals surface area contributed by atoms with Gasteiger partial charge >= 0.3 is 53.7 Å². The number of carbonyl (C=O) groups excluding carboxylic acids is 13. The molecule has 6 heterocycles. The van der Waals surface area contributed by atoms with Crippen LogP contribution in [-0.4, -0.2) is 260 Å². The number of carbonyl (C=O) groups is 13. The fraction of sp³-hybridized carbons (Fsp3) is 0.384. The van der Waals surface area contributed by atoms with E-state index in [1.807, 2.05) is 0 Å². The van der Waals surface area contributed by atoms with E-state index in [0.29, 0.717) is 38.5 Å². The molecule has 2 N–H and O–H groups in total. The summed E-state index contributed by atoms with van der Waals surface area (Å²) in [6.45, 7) is 8.68.